The zero-order valence-electron chi connectivity index (χ0n) is 14.8. The van der Waals surface area contributed by atoms with Crippen LogP contribution in [0.2, 0.25) is 0 Å². The highest BCUT2D eigenvalue weighted by atomic mass is 32.2. The Labute approximate surface area is 157 Å². The van der Waals surface area contributed by atoms with Gasteiger partial charge in [0.1, 0.15) is 6.04 Å². The van der Waals surface area contributed by atoms with Crippen LogP contribution in [0.1, 0.15) is 18.1 Å². The van der Waals surface area contributed by atoms with E-state index in [1.165, 1.54) is 4.31 Å². The number of rotatable bonds is 4. The number of hydrogen-bond acceptors (Lipinski definition) is 5. The van der Waals surface area contributed by atoms with Crippen molar-refractivity contribution in [2.24, 2.45) is 0 Å². The first-order valence-corrected chi connectivity index (χ1v) is 10.4. The van der Waals surface area contributed by atoms with E-state index < -0.39 is 16.1 Å². The lowest BCUT2D eigenvalue weighted by Gasteiger charge is -2.34. The molecule has 1 N–H and O–H groups in total. The molecule has 0 spiro atoms. The van der Waals surface area contributed by atoms with Crippen molar-refractivity contribution in [1.29, 1.82) is 0 Å². The number of anilines is 1. The number of nitrogens with zero attached hydrogens (tertiary/aromatic N) is 1. The molecule has 27 heavy (non-hydrogen) atoms. The van der Waals surface area contributed by atoms with Gasteiger partial charge in [0.15, 0.2) is 11.5 Å². The quantitative estimate of drug-likeness (QED) is 0.867. The van der Waals surface area contributed by atoms with Gasteiger partial charge in [-0.1, -0.05) is 24.3 Å². The number of benzene rings is 2. The molecule has 0 aliphatic carbocycles. The SMILES string of the molecule is CCS(=O)(=O)N1Cc2ccccc2CC1C(=O)Nc1ccc2c(c1)OCO2. The molecule has 0 radical (unpaired) electrons. The van der Waals surface area contributed by atoms with Gasteiger partial charge in [0.25, 0.3) is 0 Å². The third-order valence-corrected chi connectivity index (χ3v) is 6.70. The van der Waals surface area contributed by atoms with Gasteiger partial charge in [-0.25, -0.2) is 8.42 Å². The lowest BCUT2D eigenvalue weighted by molar-refractivity contribution is -0.120. The van der Waals surface area contributed by atoms with Crippen molar-refractivity contribution in [3.05, 3.63) is 53.6 Å². The molecular formula is C19H20N2O5S. The minimum absolute atomic E-state index is 0.0526. The van der Waals surface area contributed by atoms with Crippen LogP contribution in [0, 0.1) is 0 Å². The third kappa shape index (κ3) is 3.38. The number of carbonyl (C=O) groups is 1. The van der Waals surface area contributed by atoms with E-state index in [1.54, 1.807) is 25.1 Å². The lowest BCUT2D eigenvalue weighted by atomic mass is 9.95. The molecule has 2 aliphatic heterocycles. The Kier molecular flexibility index (Phi) is 4.53. The van der Waals surface area contributed by atoms with Crippen LogP contribution in [0.15, 0.2) is 42.5 Å². The normalized spacial score (nSPS) is 18.8. The van der Waals surface area contributed by atoms with E-state index in [4.69, 9.17) is 9.47 Å². The van der Waals surface area contributed by atoms with Crippen molar-refractivity contribution < 1.29 is 22.7 Å². The van der Waals surface area contributed by atoms with Gasteiger partial charge in [0.2, 0.25) is 22.7 Å². The molecule has 0 fully saturated rings. The maximum absolute atomic E-state index is 13.0. The fourth-order valence-electron chi connectivity index (χ4n) is 3.38. The van der Waals surface area contributed by atoms with Gasteiger partial charge in [-0.15, -0.1) is 0 Å². The summed E-state index contributed by atoms with van der Waals surface area (Å²) >= 11 is 0. The molecule has 2 heterocycles. The molecule has 1 amide bonds. The Bertz CT molecular complexity index is 989. The maximum Gasteiger partial charge on any atom is 0.243 e. The summed E-state index contributed by atoms with van der Waals surface area (Å²) in [4.78, 5) is 13.0. The summed E-state index contributed by atoms with van der Waals surface area (Å²) in [5.74, 6) is 0.762. The number of sulfonamides is 1. The van der Waals surface area contributed by atoms with E-state index >= 15 is 0 Å². The van der Waals surface area contributed by atoms with Crippen LogP contribution in [0.5, 0.6) is 11.5 Å². The molecule has 0 aromatic heterocycles. The number of hydrogen-bond donors (Lipinski definition) is 1. The summed E-state index contributed by atoms with van der Waals surface area (Å²) < 4.78 is 37.1. The average molecular weight is 388 g/mol. The zero-order chi connectivity index (χ0) is 19.0. The fraction of sp³-hybridized carbons (Fsp3) is 0.316. The second-order valence-corrected chi connectivity index (χ2v) is 8.70. The number of nitrogens with one attached hydrogen (secondary N) is 1. The second kappa shape index (κ2) is 6.86. The number of fused-ring (bicyclic) bond motifs is 2. The monoisotopic (exact) mass is 388 g/mol. The molecule has 4 rings (SSSR count). The molecule has 142 valence electrons. The first-order chi connectivity index (χ1) is 13.0. The molecule has 1 atom stereocenters. The van der Waals surface area contributed by atoms with Crippen LogP contribution < -0.4 is 14.8 Å². The molecule has 2 aromatic carbocycles. The molecule has 0 saturated heterocycles. The predicted octanol–water partition coefficient (Wildman–Crippen LogP) is 2.13. The van der Waals surface area contributed by atoms with E-state index in [2.05, 4.69) is 5.32 Å². The molecule has 0 bridgehead atoms. The topological polar surface area (TPSA) is 84.9 Å². The highest BCUT2D eigenvalue weighted by Gasteiger charge is 2.38. The summed E-state index contributed by atoms with van der Waals surface area (Å²) in [5.41, 5.74) is 2.46. The van der Waals surface area contributed by atoms with Crippen molar-refractivity contribution in [1.82, 2.24) is 4.31 Å². The Balaban J connectivity index is 1.62. The summed E-state index contributed by atoms with van der Waals surface area (Å²) in [5, 5.41) is 2.82. The molecule has 0 saturated carbocycles. The Morgan fingerprint density at radius 1 is 1.15 bits per heavy atom. The molecule has 2 aliphatic rings. The van der Waals surface area contributed by atoms with Crippen molar-refractivity contribution in [2.45, 2.75) is 25.9 Å². The Morgan fingerprint density at radius 2 is 1.89 bits per heavy atom. The minimum Gasteiger partial charge on any atom is -0.454 e. The molecule has 2 aromatic rings. The van der Waals surface area contributed by atoms with E-state index in [0.717, 1.165) is 11.1 Å². The number of ether oxygens (including phenoxy) is 2. The van der Waals surface area contributed by atoms with Gasteiger partial charge >= 0.3 is 0 Å². The smallest absolute Gasteiger partial charge is 0.243 e. The van der Waals surface area contributed by atoms with Gasteiger partial charge in [-0.2, -0.15) is 4.31 Å². The van der Waals surface area contributed by atoms with Crippen LogP contribution >= 0.6 is 0 Å². The summed E-state index contributed by atoms with van der Waals surface area (Å²) in [6.07, 6.45) is 0.339. The van der Waals surface area contributed by atoms with Crippen molar-refractivity contribution in [3.63, 3.8) is 0 Å². The highest BCUT2D eigenvalue weighted by molar-refractivity contribution is 7.89. The molecular weight excluding hydrogens is 368 g/mol. The largest absolute Gasteiger partial charge is 0.454 e. The van der Waals surface area contributed by atoms with E-state index in [9.17, 15) is 13.2 Å². The summed E-state index contributed by atoms with van der Waals surface area (Å²) in [7, 11) is -3.53. The zero-order valence-corrected chi connectivity index (χ0v) is 15.7. The van der Waals surface area contributed by atoms with E-state index in [0.29, 0.717) is 23.6 Å². The van der Waals surface area contributed by atoms with Crippen LogP contribution in [0.4, 0.5) is 5.69 Å². The van der Waals surface area contributed by atoms with Crippen LogP contribution in [-0.4, -0.2) is 37.2 Å². The molecule has 7 nitrogen and oxygen atoms in total. The first-order valence-electron chi connectivity index (χ1n) is 8.75. The summed E-state index contributed by atoms with van der Waals surface area (Å²) in [6.45, 7) is 1.93. The fourth-order valence-corrected chi connectivity index (χ4v) is 4.61. The second-order valence-electron chi connectivity index (χ2n) is 6.49. The predicted molar refractivity (Wildman–Crippen MR) is 100 cm³/mol. The highest BCUT2D eigenvalue weighted by Crippen LogP contribution is 2.34. The molecule has 8 heteroatoms. The number of carbonyl (C=O) groups excluding carboxylic acids is 1. The van der Waals surface area contributed by atoms with Crippen molar-refractivity contribution >= 4 is 21.6 Å². The number of amides is 1. The minimum atomic E-state index is -3.53. The molecule has 1 unspecified atom stereocenters. The van der Waals surface area contributed by atoms with Crippen LogP contribution in [0.3, 0.4) is 0 Å². The van der Waals surface area contributed by atoms with Gasteiger partial charge in [0, 0.05) is 18.3 Å². The van der Waals surface area contributed by atoms with Crippen molar-refractivity contribution in [2.75, 3.05) is 17.9 Å². The summed E-state index contributed by atoms with van der Waals surface area (Å²) in [6, 6.07) is 11.9. The third-order valence-electron chi connectivity index (χ3n) is 4.87. The standard InChI is InChI=1S/C19H20N2O5S/c1-2-27(23,24)21-11-14-6-4-3-5-13(14)9-16(21)19(22)20-15-7-8-17-18(10-15)26-12-25-17/h3-8,10,16H,2,9,11-12H2,1H3,(H,20,22). The van der Waals surface area contributed by atoms with Gasteiger partial charge in [-0.3, -0.25) is 4.79 Å². The van der Waals surface area contributed by atoms with Crippen LogP contribution in [-0.2, 0) is 27.8 Å². The maximum atomic E-state index is 13.0. The van der Waals surface area contributed by atoms with E-state index in [-0.39, 0.29) is 25.0 Å². The first kappa shape index (κ1) is 17.8. The van der Waals surface area contributed by atoms with Gasteiger partial charge in [-0.05, 0) is 36.6 Å². The van der Waals surface area contributed by atoms with E-state index in [1.807, 2.05) is 24.3 Å². The van der Waals surface area contributed by atoms with Gasteiger partial charge in [0.05, 0.1) is 5.75 Å². The van der Waals surface area contributed by atoms with Crippen molar-refractivity contribution in [3.8, 4) is 11.5 Å². The Hall–Kier alpha value is -2.58. The van der Waals surface area contributed by atoms with Gasteiger partial charge < -0.3 is 14.8 Å². The average Bonchev–Trinajstić information content (AvgIpc) is 3.14. The Morgan fingerprint density at radius 3 is 2.67 bits per heavy atom. The lowest BCUT2D eigenvalue weighted by Crippen LogP contribution is -2.51. The van der Waals surface area contributed by atoms with Crippen LogP contribution in [0.25, 0.3) is 0 Å².